The van der Waals surface area contributed by atoms with Crippen molar-refractivity contribution in [1.29, 1.82) is 0 Å². The van der Waals surface area contributed by atoms with Crippen molar-refractivity contribution in [2.45, 2.75) is 19.8 Å². The third-order valence-corrected chi connectivity index (χ3v) is 4.56. The maximum absolute atomic E-state index is 12.7. The van der Waals surface area contributed by atoms with Crippen molar-refractivity contribution in [3.8, 4) is 0 Å². The predicted molar refractivity (Wildman–Crippen MR) is 101 cm³/mol. The molecule has 0 aromatic heterocycles. The molecule has 0 unspecified atom stereocenters. The summed E-state index contributed by atoms with van der Waals surface area (Å²) in [6.07, 6.45) is 0. The lowest BCUT2D eigenvalue weighted by atomic mass is 10.0. The Morgan fingerprint density at radius 2 is 1.48 bits per heavy atom. The van der Waals surface area contributed by atoms with Gasteiger partial charge in [-0.3, -0.25) is 9.59 Å². The largest absolute Gasteiger partial charge is 0.350 e. The molecule has 0 saturated carbocycles. The zero-order valence-corrected chi connectivity index (χ0v) is 15.2. The van der Waals surface area contributed by atoms with E-state index in [1.54, 1.807) is 36.4 Å². The highest BCUT2D eigenvalue weighted by Gasteiger charge is 2.38. The van der Waals surface area contributed by atoms with Gasteiger partial charge in [0.05, 0.1) is 5.69 Å². The molecule has 0 aliphatic carbocycles. The van der Waals surface area contributed by atoms with E-state index in [1.807, 2.05) is 12.1 Å². The molecule has 2 aromatic rings. The minimum Gasteiger partial charge on any atom is -0.350 e. The number of rotatable bonds is 4. The third-order valence-electron chi connectivity index (χ3n) is 3.96. The number of halogens is 2. The van der Waals surface area contributed by atoms with Crippen molar-refractivity contribution in [3.05, 3.63) is 69.8 Å². The van der Waals surface area contributed by atoms with Crippen LogP contribution in [0, 0.1) is 0 Å². The number of nitrogens with one attached hydrogen (secondary N) is 1. The van der Waals surface area contributed by atoms with E-state index in [-0.39, 0.29) is 10.7 Å². The Bertz CT molecular complexity index is 856. The highest BCUT2D eigenvalue weighted by molar-refractivity contribution is 6.53. The lowest BCUT2D eigenvalue weighted by Gasteiger charge is -2.16. The lowest BCUT2D eigenvalue weighted by molar-refractivity contribution is -0.120. The minimum absolute atomic E-state index is 0.0573. The highest BCUT2D eigenvalue weighted by atomic mass is 35.5. The molecule has 4 nitrogen and oxygen atoms in total. The molecule has 0 spiro atoms. The van der Waals surface area contributed by atoms with Crippen molar-refractivity contribution >= 4 is 46.4 Å². The molecule has 0 saturated heterocycles. The quantitative estimate of drug-likeness (QED) is 0.774. The van der Waals surface area contributed by atoms with Crippen LogP contribution in [-0.4, -0.2) is 11.8 Å². The van der Waals surface area contributed by atoms with E-state index in [2.05, 4.69) is 19.2 Å². The van der Waals surface area contributed by atoms with Crippen molar-refractivity contribution < 1.29 is 9.59 Å². The summed E-state index contributed by atoms with van der Waals surface area (Å²) in [6, 6.07) is 14.1. The standard InChI is InChI=1S/C19H16Cl2N2O2/c1-11(2)12-3-9-15(10-4-12)23-18(24)16(21)17(19(23)25)22-14-7-5-13(20)6-8-14/h3-11,22H,1-2H3. The zero-order valence-electron chi connectivity index (χ0n) is 13.7. The SMILES string of the molecule is CC(C)c1ccc(N2C(=O)C(Cl)=C(Nc3ccc(Cl)cc3)C2=O)cc1. The third kappa shape index (κ3) is 3.41. The van der Waals surface area contributed by atoms with Crippen LogP contribution < -0.4 is 10.2 Å². The number of imide groups is 1. The smallest absolute Gasteiger partial charge is 0.283 e. The molecule has 3 rings (SSSR count). The number of nitrogens with zero attached hydrogens (tertiary/aromatic N) is 1. The summed E-state index contributed by atoms with van der Waals surface area (Å²) in [4.78, 5) is 26.2. The number of carbonyl (C=O) groups excluding carboxylic acids is 2. The van der Waals surface area contributed by atoms with Crippen molar-refractivity contribution in [3.63, 3.8) is 0 Å². The van der Waals surface area contributed by atoms with Gasteiger partial charge in [-0.05, 0) is 47.9 Å². The second-order valence-corrected chi connectivity index (χ2v) is 6.83. The van der Waals surface area contributed by atoms with Gasteiger partial charge in [0.1, 0.15) is 10.7 Å². The van der Waals surface area contributed by atoms with Crippen LogP contribution in [0.25, 0.3) is 0 Å². The molecule has 0 fully saturated rings. The van der Waals surface area contributed by atoms with E-state index in [0.717, 1.165) is 10.5 Å². The molecule has 25 heavy (non-hydrogen) atoms. The molecule has 0 bridgehead atoms. The molecule has 2 aromatic carbocycles. The van der Waals surface area contributed by atoms with E-state index < -0.39 is 11.8 Å². The first kappa shape index (κ1) is 17.5. The van der Waals surface area contributed by atoms with Crippen molar-refractivity contribution in [2.75, 3.05) is 10.2 Å². The fourth-order valence-electron chi connectivity index (χ4n) is 2.53. The summed E-state index contributed by atoms with van der Waals surface area (Å²) in [5.41, 5.74) is 2.30. The zero-order chi connectivity index (χ0) is 18.1. The Labute approximate surface area is 156 Å². The summed E-state index contributed by atoms with van der Waals surface area (Å²) in [7, 11) is 0. The van der Waals surface area contributed by atoms with E-state index in [0.29, 0.717) is 22.3 Å². The number of carbonyl (C=O) groups is 2. The molecule has 1 aliphatic heterocycles. The highest BCUT2D eigenvalue weighted by Crippen LogP contribution is 2.31. The summed E-state index contributed by atoms with van der Waals surface area (Å²) < 4.78 is 0. The Morgan fingerprint density at radius 3 is 2.04 bits per heavy atom. The van der Waals surface area contributed by atoms with Crippen LogP contribution in [0.2, 0.25) is 5.02 Å². The minimum atomic E-state index is -0.541. The van der Waals surface area contributed by atoms with Crippen LogP contribution in [0.5, 0.6) is 0 Å². The van der Waals surface area contributed by atoms with Gasteiger partial charge >= 0.3 is 0 Å². The summed E-state index contributed by atoms with van der Waals surface area (Å²) >= 11 is 12.0. The van der Waals surface area contributed by atoms with Crippen LogP contribution in [0.1, 0.15) is 25.3 Å². The van der Waals surface area contributed by atoms with Gasteiger partial charge in [0.2, 0.25) is 0 Å². The molecule has 2 amide bonds. The van der Waals surface area contributed by atoms with Crippen LogP contribution in [0.4, 0.5) is 11.4 Å². The second kappa shape index (κ2) is 6.90. The normalized spacial score (nSPS) is 14.7. The molecular formula is C19H16Cl2N2O2. The lowest BCUT2D eigenvalue weighted by Crippen LogP contribution is -2.32. The molecule has 128 valence electrons. The van der Waals surface area contributed by atoms with Gasteiger partial charge in [-0.15, -0.1) is 0 Å². The number of amides is 2. The molecule has 6 heteroatoms. The maximum atomic E-state index is 12.7. The van der Waals surface area contributed by atoms with E-state index in [9.17, 15) is 9.59 Å². The van der Waals surface area contributed by atoms with Gasteiger partial charge in [-0.25, -0.2) is 4.90 Å². The average Bonchev–Trinajstić information content (AvgIpc) is 2.80. The van der Waals surface area contributed by atoms with Gasteiger partial charge in [-0.2, -0.15) is 0 Å². The monoisotopic (exact) mass is 374 g/mol. The second-order valence-electron chi connectivity index (χ2n) is 6.01. The van der Waals surface area contributed by atoms with Crippen LogP contribution in [-0.2, 0) is 9.59 Å². The molecule has 1 aliphatic rings. The Morgan fingerprint density at radius 1 is 0.880 bits per heavy atom. The van der Waals surface area contributed by atoms with E-state index in [4.69, 9.17) is 23.2 Å². The topological polar surface area (TPSA) is 49.4 Å². The first-order chi connectivity index (χ1) is 11.9. The molecule has 1 N–H and O–H groups in total. The van der Waals surface area contributed by atoms with Crippen LogP contribution >= 0.6 is 23.2 Å². The van der Waals surface area contributed by atoms with Gasteiger partial charge in [0, 0.05) is 10.7 Å². The first-order valence-corrected chi connectivity index (χ1v) is 8.55. The van der Waals surface area contributed by atoms with Crippen LogP contribution in [0.15, 0.2) is 59.3 Å². The Balaban J connectivity index is 1.86. The number of anilines is 2. The van der Waals surface area contributed by atoms with Crippen molar-refractivity contribution in [1.82, 2.24) is 0 Å². The molecule has 0 atom stereocenters. The van der Waals surface area contributed by atoms with E-state index in [1.165, 1.54) is 0 Å². The number of hydrogen-bond donors (Lipinski definition) is 1. The number of benzene rings is 2. The number of hydrogen-bond acceptors (Lipinski definition) is 3. The van der Waals surface area contributed by atoms with E-state index >= 15 is 0 Å². The molecule has 0 radical (unpaired) electrons. The summed E-state index contributed by atoms with van der Waals surface area (Å²) in [6.45, 7) is 4.15. The molecule has 1 heterocycles. The van der Waals surface area contributed by atoms with Gasteiger partial charge < -0.3 is 5.32 Å². The molecular weight excluding hydrogens is 359 g/mol. The predicted octanol–water partition coefficient (Wildman–Crippen LogP) is 4.90. The summed E-state index contributed by atoms with van der Waals surface area (Å²) in [5, 5.41) is 3.35. The average molecular weight is 375 g/mol. The maximum Gasteiger partial charge on any atom is 0.283 e. The first-order valence-electron chi connectivity index (χ1n) is 7.79. The van der Waals surface area contributed by atoms with Gasteiger partial charge in [0.15, 0.2) is 0 Å². The van der Waals surface area contributed by atoms with Crippen LogP contribution in [0.3, 0.4) is 0 Å². The fourth-order valence-corrected chi connectivity index (χ4v) is 2.87. The van der Waals surface area contributed by atoms with Gasteiger partial charge in [0.25, 0.3) is 11.8 Å². The Kier molecular flexibility index (Phi) is 4.84. The Hall–Kier alpha value is -2.30. The fraction of sp³-hybridized carbons (Fsp3) is 0.158. The van der Waals surface area contributed by atoms with Crippen molar-refractivity contribution in [2.24, 2.45) is 0 Å². The van der Waals surface area contributed by atoms with Gasteiger partial charge in [-0.1, -0.05) is 49.2 Å². The summed E-state index contributed by atoms with van der Waals surface area (Å²) in [5.74, 6) is -0.662.